The molecule has 0 amide bonds. The van der Waals surface area contributed by atoms with Gasteiger partial charge in [-0.05, 0) is 73.1 Å². The van der Waals surface area contributed by atoms with Crippen LogP contribution in [0.5, 0.6) is 0 Å². The summed E-state index contributed by atoms with van der Waals surface area (Å²) in [6.07, 6.45) is 15.5. The van der Waals surface area contributed by atoms with E-state index in [-0.39, 0.29) is 11.4 Å². The number of hydrogen-bond acceptors (Lipinski definition) is 3. The highest BCUT2D eigenvalue weighted by molar-refractivity contribution is 5.81. The number of aryl methyl sites for hydroxylation is 1. The van der Waals surface area contributed by atoms with Gasteiger partial charge in [0.2, 0.25) is 0 Å². The highest BCUT2D eigenvalue weighted by atomic mass is 16.5. The number of esters is 1. The van der Waals surface area contributed by atoms with Crippen molar-refractivity contribution in [3.63, 3.8) is 0 Å². The predicted molar refractivity (Wildman–Crippen MR) is 149 cm³/mol. The van der Waals surface area contributed by atoms with Gasteiger partial charge in [0.1, 0.15) is 0 Å². The summed E-state index contributed by atoms with van der Waals surface area (Å²) in [5.41, 5.74) is 5.15. The molecule has 2 unspecified atom stereocenters. The number of nitriles is 1. The molecule has 0 aliphatic heterocycles. The van der Waals surface area contributed by atoms with Crippen LogP contribution >= 0.6 is 0 Å². The van der Waals surface area contributed by atoms with E-state index in [0.717, 1.165) is 64.2 Å². The Balaban J connectivity index is 1.47. The van der Waals surface area contributed by atoms with Crippen molar-refractivity contribution in [3.05, 3.63) is 72.3 Å². The molecule has 192 valence electrons. The molecular weight excluding hydrogens is 442 g/mol. The SMILES string of the molecule is C=CC(=O)OCCCCCCCC1(C#N)CCCC(c2ccc(-c3ccc(CCCC)cc3)cc2)C1. The zero-order valence-electron chi connectivity index (χ0n) is 22.1. The molecule has 0 aromatic heterocycles. The van der Waals surface area contributed by atoms with Crippen molar-refractivity contribution in [3.8, 4) is 17.2 Å². The minimum absolute atomic E-state index is 0.185. The molecular formula is C33H43NO2. The number of benzene rings is 2. The van der Waals surface area contributed by atoms with Gasteiger partial charge >= 0.3 is 5.97 Å². The average molecular weight is 486 g/mol. The van der Waals surface area contributed by atoms with E-state index in [0.29, 0.717) is 12.5 Å². The van der Waals surface area contributed by atoms with Gasteiger partial charge in [0.15, 0.2) is 0 Å². The molecule has 2 atom stereocenters. The van der Waals surface area contributed by atoms with E-state index in [1.807, 2.05) is 0 Å². The minimum atomic E-state index is -0.344. The van der Waals surface area contributed by atoms with Crippen LogP contribution in [0.4, 0.5) is 0 Å². The van der Waals surface area contributed by atoms with E-state index < -0.39 is 0 Å². The number of carbonyl (C=O) groups is 1. The molecule has 0 saturated heterocycles. The number of ether oxygens (including phenoxy) is 1. The lowest BCUT2D eigenvalue weighted by molar-refractivity contribution is -0.137. The molecule has 3 heteroatoms. The van der Waals surface area contributed by atoms with Crippen LogP contribution in [0.2, 0.25) is 0 Å². The Hall–Kier alpha value is -2.86. The summed E-state index contributed by atoms with van der Waals surface area (Å²) in [6, 6.07) is 20.8. The summed E-state index contributed by atoms with van der Waals surface area (Å²) < 4.78 is 5.03. The lowest BCUT2D eigenvalue weighted by atomic mass is 9.66. The molecule has 1 saturated carbocycles. The Morgan fingerprint density at radius 2 is 1.69 bits per heavy atom. The van der Waals surface area contributed by atoms with Crippen LogP contribution < -0.4 is 0 Å². The fraction of sp³-hybridized carbons (Fsp3) is 0.515. The van der Waals surface area contributed by atoms with Crippen LogP contribution in [0.3, 0.4) is 0 Å². The Morgan fingerprint density at radius 3 is 2.36 bits per heavy atom. The topological polar surface area (TPSA) is 50.1 Å². The highest BCUT2D eigenvalue weighted by Gasteiger charge is 2.36. The second-order valence-electron chi connectivity index (χ2n) is 10.5. The lowest BCUT2D eigenvalue weighted by Gasteiger charge is -2.36. The summed E-state index contributed by atoms with van der Waals surface area (Å²) in [5, 5.41) is 10.1. The first-order chi connectivity index (χ1) is 17.6. The summed E-state index contributed by atoms with van der Waals surface area (Å²) in [7, 11) is 0. The summed E-state index contributed by atoms with van der Waals surface area (Å²) >= 11 is 0. The van der Waals surface area contributed by atoms with E-state index in [9.17, 15) is 10.1 Å². The predicted octanol–water partition coefficient (Wildman–Crippen LogP) is 8.93. The molecule has 3 rings (SSSR count). The molecule has 36 heavy (non-hydrogen) atoms. The Kier molecular flexibility index (Phi) is 11.3. The third-order valence-corrected chi connectivity index (χ3v) is 7.78. The standard InChI is InChI=1S/C33H43NO2/c1-3-5-12-27-14-16-28(17-15-27)29-18-20-30(21-19-29)31-13-11-23-33(25-31,26-34)22-9-7-6-8-10-24-36-32(35)4-2/h4,14-21,31H,2-3,5-13,22-25H2,1H3. The maximum Gasteiger partial charge on any atom is 0.330 e. The molecule has 0 N–H and O–H groups in total. The minimum Gasteiger partial charge on any atom is -0.463 e. The van der Waals surface area contributed by atoms with E-state index >= 15 is 0 Å². The molecule has 1 fully saturated rings. The molecule has 0 spiro atoms. The van der Waals surface area contributed by atoms with Gasteiger partial charge in [-0.2, -0.15) is 5.26 Å². The second-order valence-corrected chi connectivity index (χ2v) is 10.5. The van der Waals surface area contributed by atoms with Crippen molar-refractivity contribution in [2.45, 2.75) is 96.3 Å². The summed E-state index contributed by atoms with van der Waals surface area (Å²) in [6.45, 7) is 6.11. The van der Waals surface area contributed by atoms with Crippen molar-refractivity contribution in [1.29, 1.82) is 5.26 Å². The van der Waals surface area contributed by atoms with Gasteiger partial charge in [0.05, 0.1) is 18.1 Å². The van der Waals surface area contributed by atoms with Gasteiger partial charge in [-0.1, -0.05) is 101 Å². The van der Waals surface area contributed by atoms with E-state index in [1.54, 1.807) is 0 Å². The quantitative estimate of drug-likeness (QED) is 0.152. The largest absolute Gasteiger partial charge is 0.463 e. The van der Waals surface area contributed by atoms with Crippen molar-refractivity contribution in [2.24, 2.45) is 5.41 Å². The first-order valence-corrected chi connectivity index (χ1v) is 14.0. The number of hydrogen-bond donors (Lipinski definition) is 0. The van der Waals surface area contributed by atoms with Gasteiger partial charge in [0.25, 0.3) is 0 Å². The van der Waals surface area contributed by atoms with Crippen LogP contribution in [0, 0.1) is 16.7 Å². The Morgan fingerprint density at radius 1 is 1.03 bits per heavy atom. The monoisotopic (exact) mass is 485 g/mol. The zero-order valence-corrected chi connectivity index (χ0v) is 22.1. The fourth-order valence-electron chi connectivity index (χ4n) is 5.55. The number of nitrogens with zero attached hydrogens (tertiary/aromatic N) is 1. The van der Waals surface area contributed by atoms with Crippen molar-refractivity contribution < 1.29 is 9.53 Å². The number of rotatable bonds is 14. The normalized spacial score (nSPS) is 19.4. The van der Waals surface area contributed by atoms with Gasteiger partial charge in [-0.25, -0.2) is 4.79 Å². The van der Waals surface area contributed by atoms with E-state index in [4.69, 9.17) is 4.74 Å². The first kappa shape index (κ1) is 27.7. The maximum absolute atomic E-state index is 11.1. The van der Waals surface area contributed by atoms with E-state index in [1.165, 1.54) is 47.6 Å². The second kappa shape index (κ2) is 14.6. The average Bonchev–Trinajstić information content (AvgIpc) is 2.93. The summed E-state index contributed by atoms with van der Waals surface area (Å²) in [4.78, 5) is 11.1. The molecule has 0 bridgehead atoms. The van der Waals surface area contributed by atoms with Crippen LogP contribution in [-0.4, -0.2) is 12.6 Å². The zero-order chi connectivity index (χ0) is 25.6. The summed E-state index contributed by atoms with van der Waals surface area (Å²) in [5.74, 6) is 0.132. The molecule has 2 aromatic carbocycles. The number of unbranched alkanes of at least 4 members (excludes halogenated alkanes) is 5. The first-order valence-electron chi connectivity index (χ1n) is 14.0. The number of carbonyl (C=O) groups excluding carboxylic acids is 1. The van der Waals surface area contributed by atoms with Gasteiger partial charge in [-0.15, -0.1) is 0 Å². The Bertz CT molecular complexity index is 986. The van der Waals surface area contributed by atoms with Crippen LogP contribution in [-0.2, 0) is 16.0 Å². The van der Waals surface area contributed by atoms with Gasteiger partial charge in [0, 0.05) is 6.08 Å². The lowest BCUT2D eigenvalue weighted by Crippen LogP contribution is -2.26. The van der Waals surface area contributed by atoms with Crippen molar-refractivity contribution >= 4 is 5.97 Å². The molecule has 3 nitrogen and oxygen atoms in total. The van der Waals surface area contributed by atoms with Gasteiger partial charge in [-0.3, -0.25) is 0 Å². The van der Waals surface area contributed by atoms with Crippen LogP contribution in [0.1, 0.15) is 101 Å². The van der Waals surface area contributed by atoms with Gasteiger partial charge < -0.3 is 4.74 Å². The maximum atomic E-state index is 11.1. The third kappa shape index (κ3) is 8.37. The van der Waals surface area contributed by atoms with Crippen molar-refractivity contribution in [1.82, 2.24) is 0 Å². The smallest absolute Gasteiger partial charge is 0.330 e. The van der Waals surface area contributed by atoms with Crippen molar-refractivity contribution in [2.75, 3.05) is 6.61 Å². The molecule has 1 aliphatic rings. The fourth-order valence-corrected chi connectivity index (χ4v) is 5.55. The molecule has 2 aromatic rings. The van der Waals surface area contributed by atoms with Crippen LogP contribution in [0.25, 0.3) is 11.1 Å². The third-order valence-electron chi connectivity index (χ3n) is 7.78. The molecule has 1 aliphatic carbocycles. The Labute approximate surface area is 218 Å². The molecule has 0 radical (unpaired) electrons. The molecule has 0 heterocycles. The van der Waals surface area contributed by atoms with Crippen LogP contribution in [0.15, 0.2) is 61.2 Å². The van der Waals surface area contributed by atoms with E-state index in [2.05, 4.69) is 68.1 Å². The highest BCUT2D eigenvalue weighted by Crippen LogP contribution is 2.46.